The van der Waals surface area contributed by atoms with Crippen molar-refractivity contribution in [2.75, 3.05) is 24.6 Å². The second-order valence-electron chi connectivity index (χ2n) is 8.19. The number of carboxylic acids is 1. The van der Waals surface area contributed by atoms with Gasteiger partial charge in [0.15, 0.2) is 0 Å². The van der Waals surface area contributed by atoms with E-state index in [4.69, 9.17) is 19.8 Å². The van der Waals surface area contributed by atoms with E-state index in [1.807, 2.05) is 54.7 Å². The van der Waals surface area contributed by atoms with E-state index in [0.29, 0.717) is 0 Å². The molecule has 1 aliphatic rings. The van der Waals surface area contributed by atoms with Gasteiger partial charge in [-0.2, -0.15) is 0 Å². The topological polar surface area (TPSA) is 75.5 Å². The standard InChI is InChI=1S/C25H27N3O3/c1-17-14-28(15-18(2)25(17)31-16-22(29)30)21-13-26-23(19-9-5-3-6-10-19)24(27-21)20-11-7-4-8-12-20/h3-13,17-18,25H,14-16H2,1-2H3,(H,29,30)/t17-,18+,25?. The number of rotatable bonds is 6. The Balaban J connectivity index is 1.65. The summed E-state index contributed by atoms with van der Waals surface area (Å²) in [5, 5.41) is 8.95. The molecule has 1 saturated heterocycles. The van der Waals surface area contributed by atoms with Crippen LogP contribution in [0, 0.1) is 11.8 Å². The third-order valence-corrected chi connectivity index (χ3v) is 5.72. The fourth-order valence-electron chi connectivity index (χ4n) is 4.36. The molecule has 3 atom stereocenters. The first-order chi connectivity index (χ1) is 15.0. The predicted molar refractivity (Wildman–Crippen MR) is 121 cm³/mol. The molecule has 0 radical (unpaired) electrons. The van der Waals surface area contributed by atoms with Crippen molar-refractivity contribution in [2.45, 2.75) is 20.0 Å². The van der Waals surface area contributed by atoms with Gasteiger partial charge in [0, 0.05) is 36.1 Å². The lowest BCUT2D eigenvalue weighted by Gasteiger charge is -2.41. The van der Waals surface area contributed by atoms with Crippen molar-refractivity contribution in [2.24, 2.45) is 11.8 Å². The maximum absolute atomic E-state index is 10.9. The summed E-state index contributed by atoms with van der Waals surface area (Å²) in [6.45, 7) is 5.41. The van der Waals surface area contributed by atoms with Gasteiger partial charge in [-0.25, -0.2) is 9.78 Å². The number of ether oxygens (including phenoxy) is 1. The minimum Gasteiger partial charge on any atom is -0.480 e. The fraction of sp³-hybridized carbons (Fsp3) is 0.320. The molecule has 6 nitrogen and oxygen atoms in total. The Kier molecular flexibility index (Phi) is 6.28. The zero-order valence-electron chi connectivity index (χ0n) is 17.8. The summed E-state index contributed by atoms with van der Waals surface area (Å²) in [6.07, 6.45) is 1.75. The zero-order chi connectivity index (χ0) is 21.8. The van der Waals surface area contributed by atoms with E-state index in [1.54, 1.807) is 0 Å². The number of aliphatic carboxylic acids is 1. The van der Waals surface area contributed by atoms with Crippen molar-refractivity contribution in [3.63, 3.8) is 0 Å². The molecular formula is C25H27N3O3. The molecule has 1 aromatic heterocycles. The zero-order valence-corrected chi connectivity index (χ0v) is 17.8. The minimum absolute atomic E-state index is 0.0857. The van der Waals surface area contributed by atoms with Crippen molar-refractivity contribution in [1.82, 2.24) is 9.97 Å². The number of anilines is 1. The smallest absolute Gasteiger partial charge is 0.329 e. The second-order valence-corrected chi connectivity index (χ2v) is 8.19. The summed E-state index contributed by atoms with van der Waals surface area (Å²) in [6, 6.07) is 20.2. The van der Waals surface area contributed by atoms with E-state index >= 15 is 0 Å². The van der Waals surface area contributed by atoms with E-state index < -0.39 is 5.97 Å². The Morgan fingerprint density at radius 1 is 0.968 bits per heavy atom. The summed E-state index contributed by atoms with van der Waals surface area (Å²) in [4.78, 5) is 23.0. The van der Waals surface area contributed by atoms with Crippen LogP contribution in [0.2, 0.25) is 0 Å². The van der Waals surface area contributed by atoms with Crippen LogP contribution in [0.4, 0.5) is 5.82 Å². The molecule has 1 N–H and O–H groups in total. The van der Waals surface area contributed by atoms with Crippen LogP contribution >= 0.6 is 0 Å². The fourth-order valence-corrected chi connectivity index (χ4v) is 4.36. The second kappa shape index (κ2) is 9.27. The van der Waals surface area contributed by atoms with Crippen LogP contribution in [-0.4, -0.2) is 46.8 Å². The molecule has 1 unspecified atom stereocenters. The third kappa shape index (κ3) is 4.75. The van der Waals surface area contributed by atoms with Crippen LogP contribution in [0.1, 0.15) is 13.8 Å². The molecule has 3 aromatic rings. The highest BCUT2D eigenvalue weighted by Gasteiger charge is 2.34. The van der Waals surface area contributed by atoms with Crippen molar-refractivity contribution in [3.8, 4) is 22.5 Å². The summed E-state index contributed by atoms with van der Waals surface area (Å²) >= 11 is 0. The number of piperidine rings is 1. The van der Waals surface area contributed by atoms with E-state index in [-0.39, 0.29) is 24.5 Å². The molecule has 0 aliphatic carbocycles. The molecular weight excluding hydrogens is 390 g/mol. The molecule has 6 heteroatoms. The summed E-state index contributed by atoms with van der Waals surface area (Å²) < 4.78 is 5.66. The summed E-state index contributed by atoms with van der Waals surface area (Å²) in [5.41, 5.74) is 3.77. The van der Waals surface area contributed by atoms with E-state index in [1.165, 1.54) is 0 Å². The summed E-state index contributed by atoms with van der Waals surface area (Å²) in [5.74, 6) is 0.253. The van der Waals surface area contributed by atoms with Crippen molar-refractivity contribution in [3.05, 3.63) is 66.9 Å². The van der Waals surface area contributed by atoms with Crippen LogP contribution in [0.5, 0.6) is 0 Å². The Morgan fingerprint density at radius 2 is 1.52 bits per heavy atom. The first-order valence-corrected chi connectivity index (χ1v) is 10.6. The van der Waals surface area contributed by atoms with Gasteiger partial charge in [0.1, 0.15) is 12.4 Å². The molecule has 0 bridgehead atoms. The molecule has 160 valence electrons. The Labute approximate surface area is 182 Å². The Morgan fingerprint density at radius 3 is 2.06 bits per heavy atom. The molecule has 1 fully saturated rings. The van der Waals surface area contributed by atoms with Gasteiger partial charge in [0.25, 0.3) is 0 Å². The number of hydrogen-bond donors (Lipinski definition) is 1. The first-order valence-electron chi connectivity index (χ1n) is 10.6. The maximum atomic E-state index is 10.9. The average Bonchev–Trinajstić information content (AvgIpc) is 2.79. The molecule has 0 amide bonds. The number of carbonyl (C=O) groups is 1. The third-order valence-electron chi connectivity index (χ3n) is 5.72. The SMILES string of the molecule is C[C@@H]1CN(c2cnc(-c3ccccc3)c(-c3ccccc3)n2)C[C@H](C)C1OCC(=O)O. The number of aromatic nitrogens is 2. The number of benzene rings is 2. The van der Waals surface area contributed by atoms with Crippen molar-refractivity contribution < 1.29 is 14.6 Å². The number of nitrogens with zero attached hydrogens (tertiary/aromatic N) is 3. The summed E-state index contributed by atoms with van der Waals surface area (Å²) in [7, 11) is 0. The number of carboxylic acid groups (broad SMARTS) is 1. The lowest BCUT2D eigenvalue weighted by Crippen LogP contribution is -2.49. The monoisotopic (exact) mass is 417 g/mol. The Hall–Kier alpha value is -3.25. The van der Waals surface area contributed by atoms with Gasteiger partial charge >= 0.3 is 5.97 Å². The molecule has 2 aromatic carbocycles. The van der Waals surface area contributed by atoms with Gasteiger partial charge in [-0.3, -0.25) is 4.98 Å². The highest BCUT2D eigenvalue weighted by molar-refractivity contribution is 5.78. The van der Waals surface area contributed by atoms with Crippen LogP contribution in [0.25, 0.3) is 22.5 Å². The van der Waals surface area contributed by atoms with Gasteiger partial charge in [-0.05, 0) is 0 Å². The van der Waals surface area contributed by atoms with Gasteiger partial charge in [-0.15, -0.1) is 0 Å². The van der Waals surface area contributed by atoms with E-state index in [2.05, 4.69) is 30.9 Å². The normalized spacial score (nSPS) is 21.1. The van der Waals surface area contributed by atoms with Gasteiger partial charge in [-0.1, -0.05) is 74.5 Å². The molecule has 31 heavy (non-hydrogen) atoms. The molecule has 0 spiro atoms. The maximum Gasteiger partial charge on any atom is 0.329 e. The molecule has 0 saturated carbocycles. The number of hydrogen-bond acceptors (Lipinski definition) is 5. The molecule has 4 rings (SSSR count). The van der Waals surface area contributed by atoms with Gasteiger partial charge in [0.2, 0.25) is 0 Å². The lowest BCUT2D eigenvalue weighted by molar-refractivity contribution is -0.147. The highest BCUT2D eigenvalue weighted by atomic mass is 16.5. The first kappa shape index (κ1) is 21.0. The van der Waals surface area contributed by atoms with Crippen LogP contribution < -0.4 is 4.90 Å². The van der Waals surface area contributed by atoms with Gasteiger partial charge in [0.05, 0.1) is 23.7 Å². The Bertz CT molecular complexity index is 1010. The highest BCUT2D eigenvalue weighted by Crippen LogP contribution is 2.33. The van der Waals surface area contributed by atoms with Crippen molar-refractivity contribution in [1.29, 1.82) is 0 Å². The molecule has 2 heterocycles. The van der Waals surface area contributed by atoms with E-state index in [0.717, 1.165) is 41.4 Å². The largest absolute Gasteiger partial charge is 0.480 e. The minimum atomic E-state index is -0.934. The van der Waals surface area contributed by atoms with Crippen LogP contribution in [0.15, 0.2) is 66.9 Å². The van der Waals surface area contributed by atoms with Crippen LogP contribution in [-0.2, 0) is 9.53 Å². The van der Waals surface area contributed by atoms with Gasteiger partial charge < -0.3 is 14.7 Å². The van der Waals surface area contributed by atoms with Crippen molar-refractivity contribution >= 4 is 11.8 Å². The molecule has 1 aliphatic heterocycles. The lowest BCUT2D eigenvalue weighted by atomic mass is 9.88. The quantitative estimate of drug-likeness (QED) is 0.642. The average molecular weight is 418 g/mol. The van der Waals surface area contributed by atoms with E-state index in [9.17, 15) is 4.79 Å². The predicted octanol–water partition coefficient (Wildman–Crippen LogP) is 4.37. The van der Waals surface area contributed by atoms with Crippen LogP contribution in [0.3, 0.4) is 0 Å².